The quantitative estimate of drug-likeness (QED) is 0.762. The molecule has 94 valence electrons. The Labute approximate surface area is 104 Å². The molecule has 17 heavy (non-hydrogen) atoms. The summed E-state index contributed by atoms with van der Waals surface area (Å²) >= 11 is 0. The van der Waals surface area contributed by atoms with E-state index in [1.165, 1.54) is 24.0 Å². The van der Waals surface area contributed by atoms with Crippen LogP contribution in [0.15, 0.2) is 18.2 Å². The Bertz CT molecular complexity index is 371. The van der Waals surface area contributed by atoms with Crippen molar-refractivity contribution in [1.82, 2.24) is 5.32 Å². The van der Waals surface area contributed by atoms with Crippen LogP contribution >= 0.6 is 0 Å². The topological polar surface area (TPSA) is 21.3 Å². The molecule has 1 fully saturated rings. The average molecular weight is 233 g/mol. The van der Waals surface area contributed by atoms with Crippen LogP contribution in [-0.4, -0.2) is 19.2 Å². The van der Waals surface area contributed by atoms with Gasteiger partial charge in [0.25, 0.3) is 0 Å². The van der Waals surface area contributed by atoms with Crippen molar-refractivity contribution in [3.05, 3.63) is 29.3 Å². The molecule has 0 spiro atoms. The van der Waals surface area contributed by atoms with Crippen LogP contribution in [0.4, 0.5) is 0 Å². The fourth-order valence-corrected chi connectivity index (χ4v) is 2.07. The van der Waals surface area contributed by atoms with Gasteiger partial charge in [-0.2, -0.15) is 0 Å². The standard InChI is InChI=1S/C15H23NO/c1-11-4-5-12(2)15(10-11)17-9-8-16-13(3)14-6-7-14/h4-5,10,13-14,16H,6-9H2,1-3H3. The molecule has 2 heteroatoms. The fourth-order valence-electron chi connectivity index (χ4n) is 2.07. The van der Waals surface area contributed by atoms with Crippen molar-refractivity contribution in [2.75, 3.05) is 13.2 Å². The molecule has 1 atom stereocenters. The minimum atomic E-state index is 0.650. The zero-order chi connectivity index (χ0) is 12.3. The highest BCUT2D eigenvalue weighted by Gasteiger charge is 2.27. The lowest BCUT2D eigenvalue weighted by atomic mass is 10.1. The van der Waals surface area contributed by atoms with Crippen molar-refractivity contribution < 1.29 is 4.74 Å². The van der Waals surface area contributed by atoms with E-state index < -0.39 is 0 Å². The van der Waals surface area contributed by atoms with Crippen LogP contribution in [0.2, 0.25) is 0 Å². The number of nitrogens with one attached hydrogen (secondary N) is 1. The number of hydrogen-bond acceptors (Lipinski definition) is 2. The molecule has 0 heterocycles. The minimum Gasteiger partial charge on any atom is -0.492 e. The number of rotatable bonds is 6. The summed E-state index contributed by atoms with van der Waals surface area (Å²) in [5.41, 5.74) is 2.47. The Morgan fingerprint density at radius 2 is 2.12 bits per heavy atom. The minimum absolute atomic E-state index is 0.650. The van der Waals surface area contributed by atoms with Crippen molar-refractivity contribution in [2.45, 2.75) is 39.7 Å². The smallest absolute Gasteiger partial charge is 0.122 e. The molecule has 1 unspecified atom stereocenters. The molecule has 0 saturated heterocycles. The third-order valence-corrected chi connectivity index (χ3v) is 3.50. The summed E-state index contributed by atoms with van der Waals surface area (Å²) in [7, 11) is 0. The second-order valence-electron chi connectivity index (χ2n) is 5.20. The van der Waals surface area contributed by atoms with Crippen LogP contribution in [0.1, 0.15) is 30.9 Å². The molecule has 0 bridgehead atoms. The highest BCUT2D eigenvalue weighted by atomic mass is 16.5. The molecule has 1 saturated carbocycles. The van der Waals surface area contributed by atoms with Gasteiger partial charge in [0.1, 0.15) is 12.4 Å². The van der Waals surface area contributed by atoms with E-state index in [4.69, 9.17) is 4.74 Å². The SMILES string of the molecule is Cc1ccc(C)c(OCCNC(C)C2CC2)c1. The maximum Gasteiger partial charge on any atom is 0.122 e. The van der Waals surface area contributed by atoms with Gasteiger partial charge in [-0.05, 0) is 56.7 Å². The maximum absolute atomic E-state index is 5.81. The molecule has 0 aliphatic heterocycles. The summed E-state index contributed by atoms with van der Waals surface area (Å²) in [5, 5.41) is 3.52. The van der Waals surface area contributed by atoms with E-state index in [0.717, 1.165) is 24.8 Å². The van der Waals surface area contributed by atoms with E-state index in [-0.39, 0.29) is 0 Å². The molecule has 1 aromatic carbocycles. The lowest BCUT2D eigenvalue weighted by Crippen LogP contribution is -2.31. The Kier molecular flexibility index (Phi) is 4.06. The zero-order valence-corrected chi connectivity index (χ0v) is 11.1. The first-order valence-electron chi connectivity index (χ1n) is 6.60. The molecular weight excluding hydrogens is 210 g/mol. The van der Waals surface area contributed by atoms with Crippen molar-refractivity contribution in [3.63, 3.8) is 0 Å². The molecule has 2 nitrogen and oxygen atoms in total. The summed E-state index contributed by atoms with van der Waals surface area (Å²) in [5.74, 6) is 1.93. The summed E-state index contributed by atoms with van der Waals surface area (Å²) in [4.78, 5) is 0. The summed E-state index contributed by atoms with van der Waals surface area (Å²) in [6.07, 6.45) is 2.79. The van der Waals surface area contributed by atoms with Gasteiger partial charge in [0, 0.05) is 12.6 Å². The summed E-state index contributed by atoms with van der Waals surface area (Å²) in [6.45, 7) is 8.15. The summed E-state index contributed by atoms with van der Waals surface area (Å²) < 4.78 is 5.81. The number of benzene rings is 1. The monoisotopic (exact) mass is 233 g/mol. The highest BCUT2D eigenvalue weighted by molar-refractivity contribution is 5.35. The van der Waals surface area contributed by atoms with E-state index >= 15 is 0 Å². The van der Waals surface area contributed by atoms with Gasteiger partial charge in [-0.3, -0.25) is 0 Å². The molecule has 0 amide bonds. The Morgan fingerprint density at radius 1 is 1.35 bits per heavy atom. The Morgan fingerprint density at radius 3 is 2.82 bits per heavy atom. The van der Waals surface area contributed by atoms with Crippen LogP contribution in [0.5, 0.6) is 5.75 Å². The largest absolute Gasteiger partial charge is 0.492 e. The van der Waals surface area contributed by atoms with Crippen LogP contribution < -0.4 is 10.1 Å². The Balaban J connectivity index is 1.71. The lowest BCUT2D eigenvalue weighted by molar-refractivity contribution is 0.301. The van der Waals surface area contributed by atoms with Crippen molar-refractivity contribution in [1.29, 1.82) is 0 Å². The molecule has 1 aromatic rings. The highest BCUT2D eigenvalue weighted by Crippen LogP contribution is 2.32. The van der Waals surface area contributed by atoms with E-state index in [1.54, 1.807) is 0 Å². The van der Waals surface area contributed by atoms with Gasteiger partial charge in [0.2, 0.25) is 0 Å². The van der Waals surface area contributed by atoms with E-state index in [1.807, 2.05) is 0 Å². The van der Waals surface area contributed by atoms with Gasteiger partial charge >= 0.3 is 0 Å². The molecule has 1 aliphatic carbocycles. The van der Waals surface area contributed by atoms with Gasteiger partial charge in [-0.1, -0.05) is 12.1 Å². The second-order valence-corrected chi connectivity index (χ2v) is 5.20. The van der Waals surface area contributed by atoms with Gasteiger partial charge in [0.05, 0.1) is 0 Å². The molecule has 1 N–H and O–H groups in total. The predicted octanol–water partition coefficient (Wildman–Crippen LogP) is 3.07. The Hall–Kier alpha value is -1.02. The maximum atomic E-state index is 5.81. The van der Waals surface area contributed by atoms with E-state index in [2.05, 4.69) is 44.3 Å². The van der Waals surface area contributed by atoms with Gasteiger partial charge in [-0.25, -0.2) is 0 Å². The van der Waals surface area contributed by atoms with Crippen molar-refractivity contribution >= 4 is 0 Å². The molecule has 0 radical (unpaired) electrons. The van der Waals surface area contributed by atoms with Crippen LogP contribution in [0.3, 0.4) is 0 Å². The third-order valence-electron chi connectivity index (χ3n) is 3.50. The second kappa shape index (κ2) is 5.54. The normalized spacial score (nSPS) is 16.9. The van der Waals surface area contributed by atoms with Crippen molar-refractivity contribution in [3.8, 4) is 5.75 Å². The number of hydrogen-bond donors (Lipinski definition) is 1. The zero-order valence-electron chi connectivity index (χ0n) is 11.1. The molecular formula is C15H23NO. The first-order valence-corrected chi connectivity index (χ1v) is 6.60. The van der Waals surface area contributed by atoms with Gasteiger partial charge in [0.15, 0.2) is 0 Å². The third kappa shape index (κ3) is 3.74. The van der Waals surface area contributed by atoms with Gasteiger partial charge < -0.3 is 10.1 Å². The van der Waals surface area contributed by atoms with Crippen LogP contribution in [-0.2, 0) is 0 Å². The fraction of sp³-hybridized carbons (Fsp3) is 0.600. The van der Waals surface area contributed by atoms with Gasteiger partial charge in [-0.15, -0.1) is 0 Å². The van der Waals surface area contributed by atoms with Crippen molar-refractivity contribution in [2.24, 2.45) is 5.92 Å². The predicted molar refractivity (Wildman–Crippen MR) is 71.6 cm³/mol. The van der Waals surface area contributed by atoms with Crippen LogP contribution in [0, 0.1) is 19.8 Å². The lowest BCUT2D eigenvalue weighted by Gasteiger charge is -2.14. The van der Waals surface area contributed by atoms with E-state index in [9.17, 15) is 0 Å². The first-order chi connectivity index (χ1) is 8.16. The molecule has 0 aromatic heterocycles. The van der Waals surface area contributed by atoms with E-state index in [0.29, 0.717) is 6.04 Å². The number of aryl methyl sites for hydroxylation is 2. The number of ether oxygens (including phenoxy) is 1. The molecule has 2 rings (SSSR count). The summed E-state index contributed by atoms with van der Waals surface area (Å²) in [6, 6.07) is 7.00. The first kappa shape index (κ1) is 12.4. The van der Waals surface area contributed by atoms with Crippen LogP contribution in [0.25, 0.3) is 0 Å². The molecule has 1 aliphatic rings. The average Bonchev–Trinajstić information content (AvgIpc) is 3.12.